The topological polar surface area (TPSA) is 63.4 Å². The molecule has 1 atom stereocenters. The zero-order valence-electron chi connectivity index (χ0n) is 15.5. The number of nitrogens with one attached hydrogen (secondary N) is 1. The Kier molecular flexibility index (Phi) is 7.52. The van der Waals surface area contributed by atoms with Gasteiger partial charge in [0.05, 0.1) is 32.8 Å². The van der Waals surface area contributed by atoms with Gasteiger partial charge in [0, 0.05) is 0 Å². The lowest BCUT2D eigenvalue weighted by atomic mass is 10.0. The highest BCUT2D eigenvalue weighted by atomic mass is 16.6. The van der Waals surface area contributed by atoms with Gasteiger partial charge in [-0.15, -0.1) is 0 Å². The van der Waals surface area contributed by atoms with Crippen LogP contribution in [0.3, 0.4) is 0 Å². The third kappa shape index (κ3) is 6.21. The molecule has 140 valence electrons. The van der Waals surface area contributed by atoms with E-state index >= 15 is 0 Å². The molecule has 1 aliphatic heterocycles. The number of benzene rings is 1. The molecule has 0 unspecified atom stereocenters. The number of aliphatic hydroxyl groups excluding tert-OH is 1. The number of carbonyl (C=O) groups excluding carboxylic acids is 1. The molecule has 25 heavy (non-hydrogen) atoms. The monoisotopic (exact) mass is 351 g/mol. The Balaban J connectivity index is 1.69. The molecule has 1 amide bonds. The Morgan fingerprint density at radius 1 is 1.24 bits per heavy atom. The summed E-state index contributed by atoms with van der Waals surface area (Å²) in [6, 6.07) is 8.03. The van der Waals surface area contributed by atoms with Crippen LogP contribution in [0.25, 0.3) is 0 Å². The molecule has 0 aliphatic carbocycles. The number of hydrogen-bond acceptors (Lipinski definition) is 4. The molecule has 0 aromatic heterocycles. The average Bonchev–Trinajstić information content (AvgIpc) is 2.61. The van der Waals surface area contributed by atoms with E-state index in [9.17, 15) is 9.90 Å². The van der Waals surface area contributed by atoms with Gasteiger partial charge in [0.25, 0.3) is 0 Å². The minimum absolute atomic E-state index is 0.240. The molecule has 2 N–H and O–H groups in total. The van der Waals surface area contributed by atoms with Crippen LogP contribution in [0.2, 0.25) is 0 Å². The average molecular weight is 351 g/mol. The van der Waals surface area contributed by atoms with E-state index in [-0.39, 0.29) is 12.7 Å². The van der Waals surface area contributed by atoms with Crippen molar-refractivity contribution in [3.05, 3.63) is 29.8 Å². The fraction of sp³-hybridized carbons (Fsp3) is 0.632. The third-order valence-corrected chi connectivity index (χ3v) is 4.51. The van der Waals surface area contributed by atoms with Gasteiger partial charge in [-0.1, -0.05) is 26.0 Å². The van der Waals surface area contributed by atoms with Gasteiger partial charge in [-0.3, -0.25) is 4.90 Å². The smallest absolute Gasteiger partial charge is 0.410 e. The zero-order valence-corrected chi connectivity index (χ0v) is 15.5. The summed E-state index contributed by atoms with van der Waals surface area (Å²) in [5, 5.41) is 10.2. The van der Waals surface area contributed by atoms with Crippen molar-refractivity contribution in [2.75, 3.05) is 45.9 Å². The first kappa shape index (κ1) is 19.5. The maximum Gasteiger partial charge on any atom is 0.410 e. The molecule has 6 heteroatoms. The van der Waals surface area contributed by atoms with Crippen LogP contribution < -0.4 is 9.64 Å². The minimum atomic E-state index is -0.520. The fourth-order valence-electron chi connectivity index (χ4n) is 2.96. The van der Waals surface area contributed by atoms with Crippen molar-refractivity contribution in [1.29, 1.82) is 0 Å². The lowest BCUT2D eigenvalue weighted by Crippen LogP contribution is -3.16. The second kappa shape index (κ2) is 9.63. The van der Waals surface area contributed by atoms with Crippen molar-refractivity contribution in [3.63, 3.8) is 0 Å². The first-order chi connectivity index (χ1) is 12.0. The molecule has 0 saturated carbocycles. The minimum Gasteiger partial charge on any atom is -0.491 e. The summed E-state index contributed by atoms with van der Waals surface area (Å²) in [4.78, 5) is 14.7. The van der Waals surface area contributed by atoms with Gasteiger partial charge in [0.2, 0.25) is 0 Å². The van der Waals surface area contributed by atoms with Crippen molar-refractivity contribution in [2.24, 2.45) is 0 Å². The number of piperazine rings is 1. The lowest BCUT2D eigenvalue weighted by molar-refractivity contribution is -0.907. The van der Waals surface area contributed by atoms with Crippen LogP contribution >= 0.6 is 0 Å². The molecule has 1 saturated heterocycles. The van der Waals surface area contributed by atoms with Crippen LogP contribution in [-0.2, 0) is 4.74 Å². The van der Waals surface area contributed by atoms with E-state index in [1.165, 1.54) is 10.5 Å². The Morgan fingerprint density at radius 2 is 1.88 bits per heavy atom. The lowest BCUT2D eigenvalue weighted by Gasteiger charge is -2.32. The van der Waals surface area contributed by atoms with Crippen LogP contribution in [0.1, 0.15) is 32.3 Å². The molecule has 0 bridgehead atoms. The van der Waals surface area contributed by atoms with Crippen molar-refractivity contribution in [3.8, 4) is 5.75 Å². The van der Waals surface area contributed by atoms with Crippen LogP contribution in [-0.4, -0.2) is 68.1 Å². The van der Waals surface area contributed by atoms with Gasteiger partial charge in [0.15, 0.2) is 0 Å². The summed E-state index contributed by atoms with van der Waals surface area (Å²) in [5.41, 5.74) is 1.27. The van der Waals surface area contributed by atoms with Crippen molar-refractivity contribution >= 4 is 6.09 Å². The van der Waals surface area contributed by atoms with Crippen molar-refractivity contribution < 1.29 is 24.3 Å². The number of rotatable bonds is 7. The predicted molar refractivity (Wildman–Crippen MR) is 96.2 cm³/mol. The Hall–Kier alpha value is -1.79. The quantitative estimate of drug-likeness (QED) is 0.766. The number of quaternary nitrogens is 1. The van der Waals surface area contributed by atoms with E-state index in [0.717, 1.165) is 18.8 Å². The molecule has 6 nitrogen and oxygen atoms in total. The highest BCUT2D eigenvalue weighted by Gasteiger charge is 2.26. The molecular formula is C19H31N2O4+. The Labute approximate surface area is 150 Å². The van der Waals surface area contributed by atoms with Crippen LogP contribution in [0.5, 0.6) is 5.75 Å². The van der Waals surface area contributed by atoms with E-state index in [4.69, 9.17) is 9.47 Å². The second-order valence-corrected chi connectivity index (χ2v) is 6.83. The molecule has 1 aliphatic rings. The number of ether oxygens (including phenoxy) is 2. The van der Waals surface area contributed by atoms with E-state index in [1.54, 1.807) is 4.90 Å². The number of aliphatic hydroxyl groups is 1. The predicted octanol–water partition coefficient (Wildman–Crippen LogP) is 0.907. The van der Waals surface area contributed by atoms with Gasteiger partial charge in [-0.2, -0.15) is 0 Å². The molecule has 1 fully saturated rings. The van der Waals surface area contributed by atoms with E-state index in [1.807, 2.05) is 19.1 Å². The van der Waals surface area contributed by atoms with E-state index in [2.05, 4.69) is 26.0 Å². The highest BCUT2D eigenvalue weighted by Crippen LogP contribution is 2.18. The Bertz CT molecular complexity index is 525. The zero-order chi connectivity index (χ0) is 18.2. The SMILES string of the molecule is CCOC(=O)N1CC[NH+](C[C@H](O)COc2ccc(C(C)C)cc2)CC1. The third-order valence-electron chi connectivity index (χ3n) is 4.51. The maximum atomic E-state index is 11.7. The molecule has 0 radical (unpaired) electrons. The summed E-state index contributed by atoms with van der Waals surface area (Å²) in [7, 11) is 0. The van der Waals surface area contributed by atoms with Crippen LogP contribution in [0.15, 0.2) is 24.3 Å². The largest absolute Gasteiger partial charge is 0.491 e. The number of hydrogen-bond donors (Lipinski definition) is 2. The molecule has 1 aromatic rings. The maximum absolute atomic E-state index is 11.7. The summed E-state index contributed by atoms with van der Waals surface area (Å²) in [6.07, 6.45) is -0.760. The van der Waals surface area contributed by atoms with Crippen molar-refractivity contribution in [1.82, 2.24) is 4.90 Å². The summed E-state index contributed by atoms with van der Waals surface area (Å²) >= 11 is 0. The van der Waals surface area contributed by atoms with Gasteiger partial charge in [-0.25, -0.2) is 4.79 Å². The highest BCUT2D eigenvalue weighted by molar-refractivity contribution is 5.67. The first-order valence-electron chi connectivity index (χ1n) is 9.15. The van der Waals surface area contributed by atoms with Gasteiger partial charge < -0.3 is 19.5 Å². The standard InChI is InChI=1S/C19H30N2O4/c1-4-24-19(23)21-11-9-20(10-12-21)13-17(22)14-25-18-7-5-16(6-8-18)15(2)3/h5-8,15,17,22H,4,9-14H2,1-3H3/p+1/t17-/m0/s1. The number of amides is 1. The Morgan fingerprint density at radius 3 is 2.44 bits per heavy atom. The van der Waals surface area contributed by atoms with Gasteiger partial charge in [-0.05, 0) is 30.5 Å². The van der Waals surface area contributed by atoms with Crippen molar-refractivity contribution in [2.45, 2.75) is 32.8 Å². The fourth-order valence-corrected chi connectivity index (χ4v) is 2.96. The summed E-state index contributed by atoms with van der Waals surface area (Å²) < 4.78 is 10.7. The van der Waals surface area contributed by atoms with Crippen LogP contribution in [0, 0.1) is 0 Å². The summed E-state index contributed by atoms with van der Waals surface area (Å²) in [5.74, 6) is 1.28. The van der Waals surface area contributed by atoms with E-state index < -0.39 is 6.10 Å². The molecule has 1 heterocycles. The number of nitrogens with zero attached hydrogens (tertiary/aromatic N) is 1. The second-order valence-electron chi connectivity index (χ2n) is 6.83. The first-order valence-corrected chi connectivity index (χ1v) is 9.15. The molecular weight excluding hydrogens is 320 g/mol. The van der Waals surface area contributed by atoms with E-state index in [0.29, 0.717) is 32.2 Å². The van der Waals surface area contributed by atoms with Crippen LogP contribution in [0.4, 0.5) is 4.79 Å². The number of carbonyl (C=O) groups is 1. The molecule has 2 rings (SSSR count). The molecule has 0 spiro atoms. The summed E-state index contributed by atoms with van der Waals surface area (Å²) in [6.45, 7) is 10.4. The normalized spacial score (nSPS) is 16.8. The van der Waals surface area contributed by atoms with Gasteiger partial charge >= 0.3 is 6.09 Å². The molecule has 1 aromatic carbocycles. The van der Waals surface area contributed by atoms with Gasteiger partial charge in [0.1, 0.15) is 25.0 Å².